The van der Waals surface area contributed by atoms with Crippen molar-refractivity contribution in [1.82, 2.24) is 15.0 Å². The van der Waals surface area contributed by atoms with Crippen LogP contribution in [0.3, 0.4) is 0 Å². The van der Waals surface area contributed by atoms with Gasteiger partial charge >= 0.3 is 0 Å². The van der Waals surface area contributed by atoms with E-state index in [4.69, 9.17) is 14.0 Å². The second-order valence-corrected chi connectivity index (χ2v) is 5.11. The van der Waals surface area contributed by atoms with Gasteiger partial charge in [-0.25, -0.2) is 0 Å². The van der Waals surface area contributed by atoms with Gasteiger partial charge in [0.25, 0.3) is 0 Å². The van der Waals surface area contributed by atoms with Gasteiger partial charge < -0.3 is 14.0 Å². The van der Waals surface area contributed by atoms with Crippen molar-refractivity contribution in [1.29, 1.82) is 0 Å². The topological polar surface area (TPSA) is 60.6 Å². The van der Waals surface area contributed by atoms with E-state index >= 15 is 0 Å². The Balaban J connectivity index is 1.62. The molecule has 6 heteroatoms. The molecule has 0 amide bonds. The van der Waals surface area contributed by atoms with Gasteiger partial charge in [-0.15, -0.1) is 0 Å². The number of hydrogen-bond acceptors (Lipinski definition) is 6. The molecule has 0 N–H and O–H groups in total. The Kier molecular flexibility index (Phi) is 4.06. The Morgan fingerprint density at radius 3 is 2.71 bits per heavy atom. The maximum absolute atomic E-state index is 5.60. The Hall–Kier alpha value is -2.08. The van der Waals surface area contributed by atoms with Gasteiger partial charge in [0.1, 0.15) is 13.2 Å². The zero-order valence-electron chi connectivity index (χ0n) is 12.3. The van der Waals surface area contributed by atoms with Gasteiger partial charge in [0.2, 0.25) is 5.89 Å². The van der Waals surface area contributed by atoms with Gasteiger partial charge in [0.15, 0.2) is 17.3 Å². The van der Waals surface area contributed by atoms with Crippen LogP contribution in [-0.2, 0) is 19.5 Å². The fourth-order valence-electron chi connectivity index (χ4n) is 2.28. The molecule has 6 nitrogen and oxygen atoms in total. The summed E-state index contributed by atoms with van der Waals surface area (Å²) < 4.78 is 16.3. The monoisotopic (exact) mass is 289 g/mol. The first-order valence-corrected chi connectivity index (χ1v) is 7.13. The second kappa shape index (κ2) is 6.13. The maximum Gasteiger partial charge on any atom is 0.240 e. The molecule has 2 heterocycles. The Bertz CT molecular complexity index is 612. The highest BCUT2D eigenvalue weighted by Crippen LogP contribution is 2.31. The highest BCUT2D eigenvalue weighted by atomic mass is 16.6. The average Bonchev–Trinajstić information content (AvgIpc) is 2.94. The number of aryl methyl sites for hydroxylation is 1. The molecule has 0 spiro atoms. The van der Waals surface area contributed by atoms with E-state index in [1.807, 2.05) is 26.1 Å². The number of aromatic nitrogens is 2. The lowest BCUT2D eigenvalue weighted by Crippen LogP contribution is -2.19. The summed E-state index contributed by atoms with van der Waals surface area (Å²) in [6.45, 7) is 4.63. The van der Waals surface area contributed by atoms with Crippen LogP contribution >= 0.6 is 0 Å². The molecule has 2 aromatic rings. The third-order valence-electron chi connectivity index (χ3n) is 3.29. The van der Waals surface area contributed by atoms with Crippen LogP contribution in [-0.4, -0.2) is 35.3 Å². The summed E-state index contributed by atoms with van der Waals surface area (Å²) in [5.41, 5.74) is 1.16. The molecule has 0 unspecified atom stereocenters. The van der Waals surface area contributed by atoms with Crippen LogP contribution in [0.1, 0.15) is 24.2 Å². The molecular weight excluding hydrogens is 270 g/mol. The van der Waals surface area contributed by atoms with Crippen molar-refractivity contribution in [2.45, 2.75) is 26.4 Å². The van der Waals surface area contributed by atoms with Crippen LogP contribution in [0.2, 0.25) is 0 Å². The predicted molar refractivity (Wildman–Crippen MR) is 76.3 cm³/mol. The number of benzene rings is 1. The van der Waals surface area contributed by atoms with Crippen molar-refractivity contribution < 1.29 is 14.0 Å². The molecule has 0 saturated heterocycles. The number of hydrogen-bond donors (Lipinski definition) is 0. The molecule has 0 fully saturated rings. The Labute approximate surface area is 123 Å². The highest BCUT2D eigenvalue weighted by molar-refractivity contribution is 5.43. The van der Waals surface area contributed by atoms with Crippen LogP contribution in [0.5, 0.6) is 11.5 Å². The van der Waals surface area contributed by atoms with E-state index in [1.165, 1.54) is 0 Å². The van der Waals surface area contributed by atoms with Gasteiger partial charge in [-0.1, -0.05) is 18.1 Å². The van der Waals surface area contributed by atoms with Crippen molar-refractivity contribution in [3.05, 3.63) is 35.5 Å². The first-order chi connectivity index (χ1) is 10.2. The molecule has 21 heavy (non-hydrogen) atoms. The van der Waals surface area contributed by atoms with Gasteiger partial charge in [-0.05, 0) is 24.7 Å². The predicted octanol–water partition coefficient (Wildman–Crippen LogP) is 2.04. The van der Waals surface area contributed by atoms with Crippen molar-refractivity contribution in [2.75, 3.05) is 20.3 Å². The third kappa shape index (κ3) is 3.33. The first-order valence-electron chi connectivity index (χ1n) is 7.13. The molecule has 1 aromatic carbocycles. The van der Waals surface area contributed by atoms with Crippen molar-refractivity contribution >= 4 is 0 Å². The van der Waals surface area contributed by atoms with E-state index in [2.05, 4.69) is 21.1 Å². The molecule has 1 aliphatic rings. The lowest BCUT2D eigenvalue weighted by atomic mass is 10.2. The summed E-state index contributed by atoms with van der Waals surface area (Å²) >= 11 is 0. The lowest BCUT2D eigenvalue weighted by Gasteiger charge is -2.20. The summed E-state index contributed by atoms with van der Waals surface area (Å²) in [6.07, 6.45) is 0.787. The number of nitrogens with zero attached hydrogens (tertiary/aromatic N) is 3. The zero-order valence-corrected chi connectivity index (χ0v) is 12.3. The fraction of sp³-hybridized carbons (Fsp3) is 0.467. The summed E-state index contributed by atoms with van der Waals surface area (Å²) in [5.74, 6) is 3.03. The van der Waals surface area contributed by atoms with E-state index in [1.54, 1.807) is 0 Å². The van der Waals surface area contributed by atoms with Gasteiger partial charge in [-0.2, -0.15) is 4.98 Å². The minimum Gasteiger partial charge on any atom is -0.486 e. The van der Waals surface area contributed by atoms with Crippen molar-refractivity contribution in [3.8, 4) is 11.5 Å². The number of ether oxygens (including phenoxy) is 2. The van der Waals surface area contributed by atoms with E-state index in [-0.39, 0.29) is 0 Å². The minimum atomic E-state index is 0.605. The SMILES string of the molecule is CCc1noc(CN(C)Cc2ccc3c(c2)OCCO3)n1. The van der Waals surface area contributed by atoms with Crippen molar-refractivity contribution in [2.24, 2.45) is 0 Å². The van der Waals surface area contributed by atoms with E-state index in [0.29, 0.717) is 25.6 Å². The van der Waals surface area contributed by atoms with E-state index in [0.717, 1.165) is 35.9 Å². The molecule has 0 saturated carbocycles. The van der Waals surface area contributed by atoms with Crippen LogP contribution in [0.15, 0.2) is 22.7 Å². The molecule has 0 atom stereocenters. The van der Waals surface area contributed by atoms with Crippen LogP contribution < -0.4 is 9.47 Å². The molecule has 0 aliphatic carbocycles. The molecule has 0 bridgehead atoms. The molecule has 1 aromatic heterocycles. The fourth-order valence-corrected chi connectivity index (χ4v) is 2.28. The van der Waals surface area contributed by atoms with Crippen LogP contribution in [0.25, 0.3) is 0 Å². The summed E-state index contributed by atoms with van der Waals surface area (Å²) in [5, 5.41) is 3.90. The summed E-state index contributed by atoms with van der Waals surface area (Å²) in [4.78, 5) is 6.44. The summed E-state index contributed by atoms with van der Waals surface area (Å²) in [6, 6.07) is 6.03. The Morgan fingerprint density at radius 2 is 1.95 bits per heavy atom. The summed E-state index contributed by atoms with van der Waals surface area (Å²) in [7, 11) is 2.02. The van der Waals surface area contributed by atoms with Crippen molar-refractivity contribution in [3.63, 3.8) is 0 Å². The molecule has 3 rings (SSSR count). The maximum atomic E-state index is 5.60. The van der Waals surface area contributed by atoms with Crippen LogP contribution in [0.4, 0.5) is 0 Å². The van der Waals surface area contributed by atoms with Gasteiger partial charge in [0, 0.05) is 13.0 Å². The number of rotatable bonds is 5. The zero-order chi connectivity index (χ0) is 14.7. The molecule has 1 aliphatic heterocycles. The standard InChI is InChI=1S/C15H19N3O3/c1-3-14-16-15(21-17-14)10-18(2)9-11-4-5-12-13(8-11)20-7-6-19-12/h4-5,8H,3,6-7,9-10H2,1-2H3. The van der Waals surface area contributed by atoms with Gasteiger partial charge in [0.05, 0.1) is 6.54 Å². The first kappa shape index (κ1) is 13.9. The Morgan fingerprint density at radius 1 is 1.14 bits per heavy atom. The molecular formula is C15H19N3O3. The lowest BCUT2D eigenvalue weighted by molar-refractivity contribution is 0.171. The van der Waals surface area contributed by atoms with E-state index < -0.39 is 0 Å². The smallest absolute Gasteiger partial charge is 0.240 e. The third-order valence-corrected chi connectivity index (χ3v) is 3.29. The minimum absolute atomic E-state index is 0.605. The van der Waals surface area contributed by atoms with Gasteiger partial charge in [-0.3, -0.25) is 4.90 Å². The average molecular weight is 289 g/mol. The highest BCUT2D eigenvalue weighted by Gasteiger charge is 2.13. The molecule has 0 radical (unpaired) electrons. The number of fused-ring (bicyclic) bond motifs is 1. The molecule has 112 valence electrons. The quantitative estimate of drug-likeness (QED) is 0.839. The van der Waals surface area contributed by atoms with Crippen LogP contribution in [0, 0.1) is 0 Å². The second-order valence-electron chi connectivity index (χ2n) is 5.11. The largest absolute Gasteiger partial charge is 0.486 e. The van der Waals surface area contributed by atoms with E-state index in [9.17, 15) is 0 Å². The normalized spacial score (nSPS) is 13.7.